The topological polar surface area (TPSA) is 90.6 Å². The van der Waals surface area contributed by atoms with Crippen LogP contribution in [0.5, 0.6) is 0 Å². The van der Waals surface area contributed by atoms with Crippen LogP contribution in [0.2, 0.25) is 5.28 Å². The molecule has 0 radical (unpaired) electrons. The van der Waals surface area contributed by atoms with Gasteiger partial charge >= 0.3 is 0 Å². The van der Waals surface area contributed by atoms with Crippen molar-refractivity contribution in [1.29, 1.82) is 0 Å². The maximum absolute atomic E-state index is 5.86. The van der Waals surface area contributed by atoms with E-state index in [1.807, 2.05) is 13.8 Å². The van der Waals surface area contributed by atoms with Gasteiger partial charge in [-0.25, -0.2) is 4.98 Å². The van der Waals surface area contributed by atoms with Crippen LogP contribution in [0.1, 0.15) is 13.8 Å². The number of halogens is 1. The van der Waals surface area contributed by atoms with Crippen molar-refractivity contribution in [1.82, 2.24) is 29.7 Å². The molecule has 0 aliphatic carbocycles. The minimum Gasteiger partial charge on any atom is -0.380 e. The number of hydrogen-bond donors (Lipinski definition) is 1. The highest BCUT2D eigenvalue weighted by atomic mass is 35.5. The van der Waals surface area contributed by atoms with Crippen molar-refractivity contribution in [3.8, 4) is 5.95 Å². The molecule has 0 aliphatic heterocycles. The second-order valence-electron chi connectivity index (χ2n) is 3.77. The van der Waals surface area contributed by atoms with E-state index in [-0.39, 0.29) is 11.3 Å². The average molecular weight is 284 g/mol. The van der Waals surface area contributed by atoms with E-state index >= 15 is 0 Å². The lowest BCUT2D eigenvalue weighted by atomic mass is 10.4. The summed E-state index contributed by atoms with van der Waals surface area (Å²) in [6.07, 6.45) is 2.88. The molecule has 1 atom stereocenters. The predicted molar refractivity (Wildman–Crippen MR) is 69.3 cm³/mol. The monoisotopic (exact) mass is 283 g/mol. The molecule has 0 aromatic carbocycles. The minimum atomic E-state index is 0.0574. The van der Waals surface area contributed by atoms with E-state index in [0.717, 1.165) is 0 Å². The lowest BCUT2D eigenvalue weighted by Gasteiger charge is -2.13. The smallest absolute Gasteiger partial charge is 0.258 e. The van der Waals surface area contributed by atoms with Crippen LogP contribution in [0.4, 0.5) is 5.95 Å². The van der Waals surface area contributed by atoms with Crippen molar-refractivity contribution < 1.29 is 4.74 Å². The highest BCUT2D eigenvalue weighted by Crippen LogP contribution is 2.09. The van der Waals surface area contributed by atoms with Gasteiger partial charge in [-0.15, -0.1) is 0 Å². The van der Waals surface area contributed by atoms with E-state index in [1.165, 1.54) is 17.3 Å². The van der Waals surface area contributed by atoms with Gasteiger partial charge in [-0.2, -0.15) is 24.7 Å². The predicted octanol–water partition coefficient (Wildman–Crippen LogP) is 0.943. The fourth-order valence-electron chi connectivity index (χ4n) is 1.37. The van der Waals surface area contributed by atoms with Crippen LogP contribution >= 0.6 is 11.6 Å². The van der Waals surface area contributed by atoms with Gasteiger partial charge in [0.1, 0.15) is 12.7 Å². The summed E-state index contributed by atoms with van der Waals surface area (Å²) < 4.78 is 6.71. The average Bonchev–Trinajstić information content (AvgIpc) is 2.89. The van der Waals surface area contributed by atoms with E-state index in [4.69, 9.17) is 16.3 Å². The molecular formula is C10H14ClN7O. The maximum atomic E-state index is 5.86. The van der Waals surface area contributed by atoms with Gasteiger partial charge in [0, 0.05) is 12.6 Å². The molecule has 0 spiro atoms. The Kier molecular flexibility index (Phi) is 4.58. The second-order valence-corrected chi connectivity index (χ2v) is 4.11. The van der Waals surface area contributed by atoms with E-state index in [2.05, 4.69) is 30.4 Å². The largest absolute Gasteiger partial charge is 0.380 e. The molecule has 0 fully saturated rings. The molecule has 8 nitrogen and oxygen atoms in total. The Bertz CT molecular complexity index is 519. The van der Waals surface area contributed by atoms with Crippen molar-refractivity contribution >= 4 is 17.5 Å². The summed E-state index contributed by atoms with van der Waals surface area (Å²) in [5.41, 5.74) is 0. The summed E-state index contributed by atoms with van der Waals surface area (Å²) in [5.74, 6) is 0.682. The van der Waals surface area contributed by atoms with Gasteiger partial charge in [0.05, 0.1) is 6.61 Å². The van der Waals surface area contributed by atoms with Crippen LogP contribution in [0.25, 0.3) is 5.95 Å². The molecule has 0 saturated carbocycles. The Morgan fingerprint density at radius 2 is 2.26 bits per heavy atom. The highest BCUT2D eigenvalue weighted by molar-refractivity contribution is 6.28. The zero-order valence-corrected chi connectivity index (χ0v) is 11.4. The third-order valence-corrected chi connectivity index (χ3v) is 2.34. The summed E-state index contributed by atoms with van der Waals surface area (Å²) in [5, 5.41) is 7.12. The molecule has 2 rings (SSSR count). The summed E-state index contributed by atoms with van der Waals surface area (Å²) in [4.78, 5) is 16.0. The number of ether oxygens (including phenoxy) is 1. The van der Waals surface area contributed by atoms with E-state index in [9.17, 15) is 0 Å². The van der Waals surface area contributed by atoms with Crippen molar-refractivity contribution in [2.75, 3.05) is 18.5 Å². The van der Waals surface area contributed by atoms with E-state index in [1.54, 1.807) is 0 Å². The summed E-state index contributed by atoms with van der Waals surface area (Å²) in [7, 11) is 0. The molecule has 1 N–H and O–H groups in total. The van der Waals surface area contributed by atoms with E-state index in [0.29, 0.717) is 25.1 Å². The third kappa shape index (κ3) is 3.83. The second kappa shape index (κ2) is 6.39. The first kappa shape index (κ1) is 13.6. The van der Waals surface area contributed by atoms with Crippen LogP contribution in [0.15, 0.2) is 12.7 Å². The molecule has 1 unspecified atom stereocenters. The number of nitrogens with one attached hydrogen (secondary N) is 1. The van der Waals surface area contributed by atoms with Crippen molar-refractivity contribution in [3.05, 3.63) is 17.9 Å². The molecule has 0 bridgehead atoms. The highest BCUT2D eigenvalue weighted by Gasteiger charge is 2.10. The summed E-state index contributed by atoms with van der Waals surface area (Å²) in [6, 6.07) is 0.0574. The SMILES string of the molecule is CCOCC(C)Nc1nc(Cl)nc(-n2cncn2)n1. The molecular weight excluding hydrogens is 270 g/mol. The number of aromatic nitrogens is 6. The third-order valence-electron chi connectivity index (χ3n) is 2.17. The Morgan fingerprint density at radius 3 is 2.95 bits per heavy atom. The molecule has 0 amide bonds. The van der Waals surface area contributed by atoms with Crippen molar-refractivity contribution in [3.63, 3.8) is 0 Å². The van der Waals surface area contributed by atoms with Crippen LogP contribution in [0, 0.1) is 0 Å². The number of rotatable bonds is 6. The Morgan fingerprint density at radius 1 is 1.42 bits per heavy atom. The van der Waals surface area contributed by atoms with Gasteiger partial charge in [0.2, 0.25) is 11.2 Å². The van der Waals surface area contributed by atoms with Crippen molar-refractivity contribution in [2.45, 2.75) is 19.9 Å². The lowest BCUT2D eigenvalue weighted by Crippen LogP contribution is -2.23. The molecule has 0 aliphatic rings. The molecule has 2 heterocycles. The van der Waals surface area contributed by atoms with Gasteiger partial charge in [-0.1, -0.05) is 0 Å². The van der Waals surface area contributed by atoms with Gasteiger partial charge in [-0.05, 0) is 25.4 Å². The fraction of sp³-hybridized carbons (Fsp3) is 0.500. The normalized spacial score (nSPS) is 12.4. The molecule has 0 saturated heterocycles. The first-order valence-corrected chi connectivity index (χ1v) is 6.17. The van der Waals surface area contributed by atoms with Gasteiger partial charge < -0.3 is 10.1 Å². The quantitative estimate of drug-likeness (QED) is 0.843. The van der Waals surface area contributed by atoms with Gasteiger partial charge in [0.25, 0.3) is 5.95 Å². The zero-order valence-electron chi connectivity index (χ0n) is 10.6. The summed E-state index contributed by atoms with van der Waals surface area (Å²) >= 11 is 5.86. The molecule has 9 heteroatoms. The van der Waals surface area contributed by atoms with Crippen LogP contribution < -0.4 is 5.32 Å². The fourth-order valence-corrected chi connectivity index (χ4v) is 1.53. The Balaban J connectivity index is 2.13. The minimum absolute atomic E-state index is 0.0574. The Hall–Kier alpha value is -1.80. The number of hydrogen-bond acceptors (Lipinski definition) is 7. The van der Waals surface area contributed by atoms with Crippen molar-refractivity contribution in [2.24, 2.45) is 0 Å². The first-order chi connectivity index (χ1) is 9.19. The number of anilines is 1. The molecule has 2 aromatic rings. The standard InChI is InChI=1S/C10H14ClN7O/c1-3-19-4-7(2)14-9-15-8(11)16-10(17-9)18-6-12-5-13-18/h5-7H,3-4H2,1-2H3,(H,14,15,16,17). The Labute approximate surface area is 115 Å². The molecule has 2 aromatic heterocycles. The first-order valence-electron chi connectivity index (χ1n) is 5.80. The lowest BCUT2D eigenvalue weighted by molar-refractivity contribution is 0.141. The molecule has 102 valence electrons. The van der Waals surface area contributed by atoms with Gasteiger partial charge in [0.15, 0.2) is 0 Å². The maximum Gasteiger partial charge on any atom is 0.258 e. The number of nitrogens with zero attached hydrogens (tertiary/aromatic N) is 6. The van der Waals surface area contributed by atoms with E-state index < -0.39 is 0 Å². The van der Waals surface area contributed by atoms with Crippen LogP contribution in [-0.2, 0) is 4.74 Å². The summed E-state index contributed by atoms with van der Waals surface area (Å²) in [6.45, 7) is 5.12. The van der Waals surface area contributed by atoms with Crippen LogP contribution in [0.3, 0.4) is 0 Å². The van der Waals surface area contributed by atoms with Gasteiger partial charge in [-0.3, -0.25) is 0 Å². The van der Waals surface area contributed by atoms with Crippen LogP contribution in [-0.4, -0.2) is 49.0 Å². The zero-order chi connectivity index (χ0) is 13.7. The molecule has 19 heavy (non-hydrogen) atoms.